The maximum atomic E-state index is 11.5. The Morgan fingerprint density at radius 1 is 1.41 bits per heavy atom. The van der Waals surface area contributed by atoms with Crippen LogP contribution in [0.4, 0.5) is 5.69 Å². The van der Waals surface area contributed by atoms with E-state index in [1.807, 2.05) is 13.8 Å². The SMILES string of the molecule is CCOC(=O)c1ccc(OC(C)CC)c(N)c1. The molecule has 0 aliphatic heterocycles. The van der Waals surface area contributed by atoms with Crippen molar-refractivity contribution in [1.82, 2.24) is 0 Å². The van der Waals surface area contributed by atoms with Gasteiger partial charge in [-0.25, -0.2) is 4.79 Å². The monoisotopic (exact) mass is 237 g/mol. The van der Waals surface area contributed by atoms with Crippen molar-refractivity contribution in [2.24, 2.45) is 0 Å². The van der Waals surface area contributed by atoms with E-state index in [0.717, 1.165) is 6.42 Å². The van der Waals surface area contributed by atoms with E-state index in [4.69, 9.17) is 15.2 Å². The first-order valence-electron chi connectivity index (χ1n) is 5.81. The number of hydrogen-bond acceptors (Lipinski definition) is 4. The molecular weight excluding hydrogens is 218 g/mol. The summed E-state index contributed by atoms with van der Waals surface area (Å²) in [4.78, 5) is 11.5. The molecule has 4 heteroatoms. The van der Waals surface area contributed by atoms with Gasteiger partial charge in [-0.15, -0.1) is 0 Å². The molecule has 0 saturated heterocycles. The van der Waals surface area contributed by atoms with Gasteiger partial charge in [-0.05, 0) is 38.5 Å². The minimum atomic E-state index is -0.366. The first kappa shape index (κ1) is 13.4. The Bertz CT molecular complexity index is 390. The van der Waals surface area contributed by atoms with Crippen molar-refractivity contribution in [3.8, 4) is 5.75 Å². The van der Waals surface area contributed by atoms with Crippen LogP contribution in [0.15, 0.2) is 18.2 Å². The molecular formula is C13H19NO3. The maximum absolute atomic E-state index is 11.5. The summed E-state index contributed by atoms with van der Waals surface area (Å²) in [6, 6.07) is 4.94. The second-order valence-electron chi connectivity index (χ2n) is 3.81. The largest absolute Gasteiger partial charge is 0.489 e. The van der Waals surface area contributed by atoms with Crippen LogP contribution in [0.1, 0.15) is 37.6 Å². The highest BCUT2D eigenvalue weighted by Gasteiger charge is 2.10. The molecule has 94 valence electrons. The van der Waals surface area contributed by atoms with Gasteiger partial charge in [-0.1, -0.05) is 6.92 Å². The number of nitrogens with two attached hydrogens (primary N) is 1. The highest BCUT2D eigenvalue weighted by molar-refractivity contribution is 5.91. The summed E-state index contributed by atoms with van der Waals surface area (Å²) in [6.45, 7) is 6.12. The molecule has 1 unspecified atom stereocenters. The number of benzene rings is 1. The summed E-state index contributed by atoms with van der Waals surface area (Å²) in [6.07, 6.45) is 1.00. The van der Waals surface area contributed by atoms with E-state index in [9.17, 15) is 4.79 Å². The molecule has 0 aliphatic rings. The second-order valence-corrected chi connectivity index (χ2v) is 3.81. The zero-order chi connectivity index (χ0) is 12.8. The lowest BCUT2D eigenvalue weighted by molar-refractivity contribution is 0.0526. The van der Waals surface area contributed by atoms with Crippen molar-refractivity contribution in [2.45, 2.75) is 33.3 Å². The number of rotatable bonds is 5. The average molecular weight is 237 g/mol. The van der Waals surface area contributed by atoms with E-state index in [0.29, 0.717) is 23.6 Å². The summed E-state index contributed by atoms with van der Waals surface area (Å²) in [5.41, 5.74) is 6.73. The van der Waals surface area contributed by atoms with Gasteiger partial charge in [0.1, 0.15) is 5.75 Å². The molecule has 0 aliphatic carbocycles. The van der Waals surface area contributed by atoms with Gasteiger partial charge in [0.25, 0.3) is 0 Å². The van der Waals surface area contributed by atoms with Crippen molar-refractivity contribution in [2.75, 3.05) is 12.3 Å². The minimum Gasteiger partial charge on any atom is -0.489 e. The van der Waals surface area contributed by atoms with Gasteiger partial charge in [0, 0.05) is 0 Å². The standard InChI is InChI=1S/C13H19NO3/c1-4-9(3)17-12-7-6-10(8-11(12)14)13(15)16-5-2/h6-9H,4-5,14H2,1-3H3. The van der Waals surface area contributed by atoms with Gasteiger partial charge in [0.15, 0.2) is 0 Å². The molecule has 0 heterocycles. The lowest BCUT2D eigenvalue weighted by Crippen LogP contribution is -2.12. The van der Waals surface area contributed by atoms with Gasteiger partial charge in [0.2, 0.25) is 0 Å². The lowest BCUT2D eigenvalue weighted by atomic mass is 10.2. The zero-order valence-corrected chi connectivity index (χ0v) is 10.5. The summed E-state index contributed by atoms with van der Waals surface area (Å²) in [7, 11) is 0. The molecule has 4 nitrogen and oxygen atoms in total. The number of ether oxygens (including phenoxy) is 2. The fourth-order valence-corrected chi connectivity index (χ4v) is 1.30. The fourth-order valence-electron chi connectivity index (χ4n) is 1.30. The Hall–Kier alpha value is -1.71. The van der Waals surface area contributed by atoms with Crippen molar-refractivity contribution < 1.29 is 14.3 Å². The lowest BCUT2D eigenvalue weighted by Gasteiger charge is -2.14. The molecule has 0 spiro atoms. The van der Waals surface area contributed by atoms with Crippen LogP contribution in [0, 0.1) is 0 Å². The van der Waals surface area contributed by atoms with E-state index < -0.39 is 0 Å². The van der Waals surface area contributed by atoms with Crippen molar-refractivity contribution >= 4 is 11.7 Å². The minimum absolute atomic E-state index is 0.103. The summed E-state index contributed by atoms with van der Waals surface area (Å²) < 4.78 is 10.5. The Morgan fingerprint density at radius 2 is 2.12 bits per heavy atom. The number of esters is 1. The summed E-state index contributed by atoms with van der Waals surface area (Å²) >= 11 is 0. The van der Waals surface area contributed by atoms with Gasteiger partial charge in [-0.3, -0.25) is 0 Å². The maximum Gasteiger partial charge on any atom is 0.338 e. The number of carbonyl (C=O) groups is 1. The second kappa shape index (κ2) is 6.13. The number of nitrogen functional groups attached to an aromatic ring is 1. The average Bonchev–Trinajstić information content (AvgIpc) is 2.31. The molecule has 0 bridgehead atoms. The molecule has 0 amide bonds. The van der Waals surface area contributed by atoms with Crippen LogP contribution in [-0.4, -0.2) is 18.7 Å². The van der Waals surface area contributed by atoms with Crippen LogP contribution < -0.4 is 10.5 Å². The van der Waals surface area contributed by atoms with E-state index in [2.05, 4.69) is 0 Å². The molecule has 0 radical (unpaired) electrons. The fraction of sp³-hybridized carbons (Fsp3) is 0.462. The number of carbonyl (C=O) groups excluding carboxylic acids is 1. The molecule has 1 rings (SSSR count). The van der Waals surface area contributed by atoms with E-state index in [-0.39, 0.29) is 12.1 Å². The van der Waals surface area contributed by atoms with Crippen molar-refractivity contribution in [1.29, 1.82) is 0 Å². The predicted molar refractivity (Wildman–Crippen MR) is 67.2 cm³/mol. The van der Waals surface area contributed by atoms with Crippen LogP contribution in [0.25, 0.3) is 0 Å². The molecule has 2 N–H and O–H groups in total. The number of hydrogen-bond donors (Lipinski definition) is 1. The van der Waals surface area contributed by atoms with Gasteiger partial charge in [0.05, 0.1) is 24.0 Å². The third-order valence-electron chi connectivity index (χ3n) is 2.42. The van der Waals surface area contributed by atoms with Crippen molar-refractivity contribution in [3.63, 3.8) is 0 Å². The third-order valence-corrected chi connectivity index (χ3v) is 2.42. The summed E-state index contributed by atoms with van der Waals surface area (Å²) in [5.74, 6) is 0.238. The Balaban J connectivity index is 2.82. The Kier molecular flexibility index (Phi) is 4.82. The first-order valence-corrected chi connectivity index (χ1v) is 5.81. The topological polar surface area (TPSA) is 61.5 Å². The smallest absolute Gasteiger partial charge is 0.338 e. The molecule has 0 fully saturated rings. The van der Waals surface area contributed by atoms with Crippen LogP contribution >= 0.6 is 0 Å². The molecule has 1 aromatic carbocycles. The van der Waals surface area contributed by atoms with Crippen LogP contribution in [0.3, 0.4) is 0 Å². The van der Waals surface area contributed by atoms with Crippen LogP contribution in [0.2, 0.25) is 0 Å². The molecule has 0 saturated carbocycles. The highest BCUT2D eigenvalue weighted by Crippen LogP contribution is 2.24. The van der Waals surface area contributed by atoms with E-state index >= 15 is 0 Å². The highest BCUT2D eigenvalue weighted by atomic mass is 16.5. The Morgan fingerprint density at radius 3 is 2.65 bits per heavy atom. The normalized spacial score (nSPS) is 11.9. The van der Waals surface area contributed by atoms with Crippen LogP contribution in [-0.2, 0) is 4.74 Å². The zero-order valence-electron chi connectivity index (χ0n) is 10.5. The number of anilines is 1. The van der Waals surface area contributed by atoms with E-state index in [1.54, 1.807) is 25.1 Å². The van der Waals surface area contributed by atoms with Crippen molar-refractivity contribution in [3.05, 3.63) is 23.8 Å². The van der Waals surface area contributed by atoms with Gasteiger partial charge < -0.3 is 15.2 Å². The van der Waals surface area contributed by atoms with E-state index in [1.165, 1.54) is 0 Å². The first-order chi connectivity index (χ1) is 8.08. The predicted octanol–water partition coefficient (Wildman–Crippen LogP) is 2.62. The molecule has 1 aromatic rings. The van der Waals surface area contributed by atoms with Gasteiger partial charge in [-0.2, -0.15) is 0 Å². The van der Waals surface area contributed by atoms with Gasteiger partial charge >= 0.3 is 5.97 Å². The van der Waals surface area contributed by atoms with Crippen LogP contribution in [0.5, 0.6) is 5.75 Å². The molecule has 0 aromatic heterocycles. The molecule has 1 atom stereocenters. The quantitative estimate of drug-likeness (QED) is 0.631. The summed E-state index contributed by atoms with van der Waals surface area (Å²) in [5, 5.41) is 0. The third kappa shape index (κ3) is 3.66. The molecule has 17 heavy (non-hydrogen) atoms. The Labute approximate surface area is 102 Å².